The van der Waals surface area contributed by atoms with E-state index in [-0.39, 0.29) is 18.5 Å². The zero-order valence-corrected chi connectivity index (χ0v) is 17.2. The van der Waals surface area contributed by atoms with Crippen LogP contribution in [0.2, 0.25) is 0 Å². The molecule has 0 saturated carbocycles. The summed E-state index contributed by atoms with van der Waals surface area (Å²) in [5.41, 5.74) is 3.70. The number of anilines is 1. The first-order valence-corrected chi connectivity index (χ1v) is 10.1. The Morgan fingerprint density at radius 1 is 1.07 bits per heavy atom. The summed E-state index contributed by atoms with van der Waals surface area (Å²) in [6, 6.07) is 14.4. The van der Waals surface area contributed by atoms with E-state index in [1.807, 2.05) is 32.9 Å². The molecule has 2 rings (SSSR count). The quantitative estimate of drug-likeness (QED) is 0.792. The summed E-state index contributed by atoms with van der Waals surface area (Å²) < 4.78 is 27.6. The summed E-state index contributed by atoms with van der Waals surface area (Å²) in [7, 11) is -0.904. The van der Waals surface area contributed by atoms with Crippen molar-refractivity contribution >= 4 is 21.8 Å². The smallest absolute Gasteiger partial charge is 0.304 e. The molecule has 0 fully saturated rings. The lowest BCUT2D eigenvalue weighted by molar-refractivity contribution is -0.120. The number of amides is 1. The van der Waals surface area contributed by atoms with Gasteiger partial charge in [0.2, 0.25) is 5.91 Å². The second-order valence-electron chi connectivity index (χ2n) is 6.78. The van der Waals surface area contributed by atoms with Crippen LogP contribution >= 0.6 is 0 Å². The van der Waals surface area contributed by atoms with Gasteiger partial charge in [-0.15, -0.1) is 0 Å². The molecule has 0 radical (unpaired) electrons. The Balaban J connectivity index is 2.21. The zero-order chi connectivity index (χ0) is 20.2. The molecule has 0 aliphatic rings. The molecule has 1 amide bonds. The van der Waals surface area contributed by atoms with E-state index in [1.54, 1.807) is 30.3 Å². The molecule has 146 valence electrons. The van der Waals surface area contributed by atoms with Crippen molar-refractivity contribution in [3.8, 4) is 0 Å². The number of hydrogen-bond donors (Lipinski definition) is 1. The van der Waals surface area contributed by atoms with E-state index in [9.17, 15) is 13.2 Å². The van der Waals surface area contributed by atoms with Gasteiger partial charge in [0.25, 0.3) is 0 Å². The minimum atomic E-state index is -3.80. The maximum atomic E-state index is 12.7. The Morgan fingerprint density at radius 3 is 2.26 bits per heavy atom. The van der Waals surface area contributed by atoms with Gasteiger partial charge in [-0.1, -0.05) is 42.0 Å². The molecule has 2 aromatic rings. The molecule has 0 unspecified atom stereocenters. The highest BCUT2D eigenvalue weighted by Gasteiger charge is 2.27. The fourth-order valence-electron chi connectivity index (χ4n) is 2.90. The van der Waals surface area contributed by atoms with Crippen LogP contribution in [-0.2, 0) is 15.0 Å². The maximum Gasteiger partial charge on any atom is 0.304 e. The fraction of sp³-hybridized carbons (Fsp3) is 0.350. The number of para-hydroxylation sites is 1. The van der Waals surface area contributed by atoms with Crippen molar-refractivity contribution < 1.29 is 13.2 Å². The molecule has 1 N–H and O–H groups in total. The highest BCUT2D eigenvalue weighted by molar-refractivity contribution is 7.90. The van der Waals surface area contributed by atoms with Crippen LogP contribution in [0.5, 0.6) is 0 Å². The number of nitrogens with zero attached hydrogens (tertiary/aromatic N) is 2. The average Bonchev–Trinajstić information content (AvgIpc) is 2.60. The first-order valence-electron chi connectivity index (χ1n) is 8.74. The van der Waals surface area contributed by atoms with Crippen molar-refractivity contribution in [3.63, 3.8) is 0 Å². The maximum absolute atomic E-state index is 12.7. The molecule has 0 spiro atoms. The number of carbonyl (C=O) groups excluding carboxylic acids is 1. The highest BCUT2D eigenvalue weighted by Crippen LogP contribution is 2.21. The van der Waals surface area contributed by atoms with Gasteiger partial charge >= 0.3 is 10.2 Å². The fourth-order valence-corrected chi connectivity index (χ4v) is 3.97. The van der Waals surface area contributed by atoms with Gasteiger partial charge < -0.3 is 5.32 Å². The second kappa shape index (κ2) is 8.54. The van der Waals surface area contributed by atoms with Crippen LogP contribution in [0.15, 0.2) is 48.5 Å². The Labute approximate surface area is 162 Å². The summed E-state index contributed by atoms with van der Waals surface area (Å²) in [6.45, 7) is 5.62. The van der Waals surface area contributed by atoms with Crippen LogP contribution in [0.1, 0.15) is 29.7 Å². The molecule has 0 aliphatic heterocycles. The molecule has 0 aromatic heterocycles. The third kappa shape index (κ3) is 5.08. The Kier molecular flexibility index (Phi) is 6.62. The highest BCUT2D eigenvalue weighted by atomic mass is 32.2. The summed E-state index contributed by atoms with van der Waals surface area (Å²) in [5.74, 6) is -0.364. The third-order valence-electron chi connectivity index (χ3n) is 4.34. The summed E-state index contributed by atoms with van der Waals surface area (Å²) in [4.78, 5) is 12.6. The van der Waals surface area contributed by atoms with Crippen molar-refractivity contribution in [2.45, 2.75) is 26.8 Å². The van der Waals surface area contributed by atoms with Crippen LogP contribution in [-0.4, -0.2) is 39.3 Å². The van der Waals surface area contributed by atoms with Crippen molar-refractivity contribution in [1.82, 2.24) is 9.62 Å². The number of benzene rings is 2. The van der Waals surface area contributed by atoms with Gasteiger partial charge in [0.15, 0.2) is 0 Å². The number of carbonyl (C=O) groups is 1. The Bertz CT molecular complexity index is 896. The van der Waals surface area contributed by atoms with E-state index in [4.69, 9.17) is 0 Å². The molecule has 2 aromatic carbocycles. The van der Waals surface area contributed by atoms with Gasteiger partial charge in [0.1, 0.15) is 6.54 Å². The van der Waals surface area contributed by atoms with E-state index in [0.29, 0.717) is 5.69 Å². The first-order chi connectivity index (χ1) is 12.6. The van der Waals surface area contributed by atoms with Gasteiger partial charge in [-0.3, -0.25) is 4.79 Å². The Morgan fingerprint density at radius 2 is 1.70 bits per heavy atom. The van der Waals surface area contributed by atoms with Crippen molar-refractivity contribution in [1.29, 1.82) is 0 Å². The van der Waals surface area contributed by atoms with Crippen LogP contribution in [0, 0.1) is 13.8 Å². The lowest BCUT2D eigenvalue weighted by Crippen LogP contribution is -2.46. The van der Waals surface area contributed by atoms with E-state index in [0.717, 1.165) is 25.3 Å². The lowest BCUT2D eigenvalue weighted by atomic mass is 10.0. The van der Waals surface area contributed by atoms with Crippen LogP contribution < -0.4 is 9.62 Å². The molecule has 6 nitrogen and oxygen atoms in total. The molecular weight excluding hydrogens is 362 g/mol. The van der Waals surface area contributed by atoms with Gasteiger partial charge in [0, 0.05) is 14.1 Å². The van der Waals surface area contributed by atoms with Crippen LogP contribution in [0.3, 0.4) is 0 Å². The first kappa shape index (κ1) is 20.9. The molecule has 27 heavy (non-hydrogen) atoms. The molecular formula is C20H27N3O3S. The van der Waals surface area contributed by atoms with Crippen molar-refractivity contribution in [2.24, 2.45) is 0 Å². The van der Waals surface area contributed by atoms with Crippen molar-refractivity contribution in [3.05, 3.63) is 65.2 Å². The van der Waals surface area contributed by atoms with E-state index >= 15 is 0 Å². The number of hydrogen-bond acceptors (Lipinski definition) is 3. The number of rotatable bonds is 7. The van der Waals surface area contributed by atoms with Gasteiger partial charge in [-0.2, -0.15) is 12.7 Å². The standard InChI is InChI=1S/C20H27N3O3S/c1-15-11-12-19(16(2)13-15)17(3)21-20(24)14-23(27(25,26)22(4)5)18-9-7-6-8-10-18/h6-13,17H,14H2,1-5H3,(H,21,24)/t17-/m0/s1. The largest absolute Gasteiger partial charge is 0.348 e. The summed E-state index contributed by atoms with van der Waals surface area (Å²) in [6.07, 6.45) is 0. The van der Waals surface area contributed by atoms with Crippen LogP contribution in [0.4, 0.5) is 5.69 Å². The van der Waals surface area contributed by atoms with Crippen molar-refractivity contribution in [2.75, 3.05) is 24.9 Å². The monoisotopic (exact) mass is 389 g/mol. The van der Waals surface area contributed by atoms with Gasteiger partial charge in [-0.25, -0.2) is 4.31 Å². The third-order valence-corrected chi connectivity index (χ3v) is 6.16. The SMILES string of the molecule is Cc1ccc([C@H](C)NC(=O)CN(c2ccccc2)S(=O)(=O)N(C)C)c(C)c1. The van der Waals surface area contributed by atoms with Gasteiger partial charge in [-0.05, 0) is 44.0 Å². The van der Waals surface area contributed by atoms with Gasteiger partial charge in [0.05, 0.1) is 11.7 Å². The van der Waals surface area contributed by atoms with E-state index in [2.05, 4.69) is 11.4 Å². The summed E-state index contributed by atoms with van der Waals surface area (Å²) in [5, 5.41) is 2.90. The topological polar surface area (TPSA) is 69.7 Å². The molecule has 0 bridgehead atoms. The molecule has 0 heterocycles. The lowest BCUT2D eigenvalue weighted by Gasteiger charge is -2.27. The van der Waals surface area contributed by atoms with E-state index in [1.165, 1.54) is 14.1 Å². The summed E-state index contributed by atoms with van der Waals surface area (Å²) >= 11 is 0. The predicted octanol–water partition coefficient (Wildman–Crippen LogP) is 2.79. The molecule has 0 aliphatic carbocycles. The normalized spacial score (nSPS) is 12.7. The molecule has 7 heteroatoms. The predicted molar refractivity (Wildman–Crippen MR) is 109 cm³/mol. The number of nitrogens with one attached hydrogen (secondary N) is 1. The second-order valence-corrected chi connectivity index (χ2v) is 8.85. The molecule has 0 saturated heterocycles. The minimum absolute atomic E-state index is 0.224. The molecule has 1 atom stereocenters. The number of aryl methyl sites for hydroxylation is 2. The zero-order valence-electron chi connectivity index (χ0n) is 16.4. The average molecular weight is 390 g/mol. The van der Waals surface area contributed by atoms with E-state index < -0.39 is 10.2 Å². The minimum Gasteiger partial charge on any atom is -0.348 e. The Hall–Kier alpha value is -2.38. The van der Waals surface area contributed by atoms with Crippen LogP contribution in [0.25, 0.3) is 0 Å².